The van der Waals surface area contributed by atoms with E-state index in [0.717, 1.165) is 0 Å². The van der Waals surface area contributed by atoms with Gasteiger partial charge < -0.3 is 14.8 Å². The van der Waals surface area contributed by atoms with Crippen molar-refractivity contribution < 1.29 is 18.7 Å². The van der Waals surface area contributed by atoms with Crippen molar-refractivity contribution in [2.24, 2.45) is 0 Å². The molecular weight excluding hydrogens is 299 g/mol. The minimum Gasteiger partial charge on any atom is -0.493 e. The summed E-state index contributed by atoms with van der Waals surface area (Å²) in [5.41, 5.74) is 0.899. The molecule has 0 aliphatic heterocycles. The molecule has 0 saturated carbocycles. The van der Waals surface area contributed by atoms with Crippen molar-refractivity contribution in [3.8, 4) is 17.6 Å². The van der Waals surface area contributed by atoms with Gasteiger partial charge in [-0.3, -0.25) is 4.79 Å². The molecule has 0 aliphatic rings. The van der Waals surface area contributed by atoms with E-state index in [2.05, 4.69) is 5.32 Å². The molecule has 0 bridgehead atoms. The molecule has 118 valence electrons. The zero-order chi connectivity index (χ0) is 16.8. The van der Waals surface area contributed by atoms with Crippen molar-refractivity contribution in [1.29, 1.82) is 5.26 Å². The molecular formula is C17H15FN2O3. The molecule has 0 fully saturated rings. The fraction of sp³-hybridized carbons (Fsp3) is 0.176. The van der Waals surface area contributed by atoms with Gasteiger partial charge in [0.05, 0.1) is 18.7 Å². The molecule has 6 heteroatoms. The van der Waals surface area contributed by atoms with Crippen LogP contribution in [0.25, 0.3) is 0 Å². The Morgan fingerprint density at radius 2 is 1.91 bits per heavy atom. The molecule has 2 aromatic rings. The molecule has 1 N–H and O–H groups in total. The van der Waals surface area contributed by atoms with Gasteiger partial charge in [-0.15, -0.1) is 0 Å². The predicted octanol–water partition coefficient (Wildman–Crippen LogP) is 3.11. The highest BCUT2D eigenvalue weighted by molar-refractivity contribution is 5.94. The number of amides is 1. The summed E-state index contributed by atoms with van der Waals surface area (Å²) in [6.45, 7) is 1.58. The number of halogens is 1. The number of hydrogen-bond donors (Lipinski definition) is 1. The van der Waals surface area contributed by atoms with Gasteiger partial charge in [-0.2, -0.15) is 5.26 Å². The summed E-state index contributed by atoms with van der Waals surface area (Å²) in [4.78, 5) is 12.1. The highest BCUT2D eigenvalue weighted by Crippen LogP contribution is 2.28. The lowest BCUT2D eigenvalue weighted by Gasteiger charge is -2.16. The maximum atomic E-state index is 12.8. The van der Waals surface area contributed by atoms with Gasteiger partial charge in [0.1, 0.15) is 5.82 Å². The first-order valence-corrected chi connectivity index (χ1v) is 6.84. The van der Waals surface area contributed by atoms with E-state index in [1.807, 2.05) is 6.07 Å². The van der Waals surface area contributed by atoms with Gasteiger partial charge in [-0.1, -0.05) is 0 Å². The van der Waals surface area contributed by atoms with Crippen molar-refractivity contribution in [2.45, 2.75) is 13.0 Å². The summed E-state index contributed by atoms with van der Waals surface area (Å²) in [6.07, 6.45) is -0.804. The number of benzene rings is 2. The van der Waals surface area contributed by atoms with E-state index in [9.17, 15) is 9.18 Å². The number of carbonyl (C=O) groups excluding carboxylic acids is 1. The molecule has 0 radical (unpaired) electrons. The van der Waals surface area contributed by atoms with Crippen molar-refractivity contribution >= 4 is 11.6 Å². The van der Waals surface area contributed by atoms with E-state index in [0.29, 0.717) is 22.7 Å². The van der Waals surface area contributed by atoms with E-state index < -0.39 is 6.10 Å². The second-order valence-electron chi connectivity index (χ2n) is 4.73. The van der Waals surface area contributed by atoms with Crippen LogP contribution in [-0.2, 0) is 4.79 Å². The first-order valence-electron chi connectivity index (χ1n) is 6.84. The number of methoxy groups -OCH3 is 1. The zero-order valence-corrected chi connectivity index (χ0v) is 12.7. The summed E-state index contributed by atoms with van der Waals surface area (Å²) >= 11 is 0. The summed E-state index contributed by atoms with van der Waals surface area (Å²) in [5, 5.41) is 11.5. The fourth-order valence-corrected chi connectivity index (χ4v) is 1.86. The molecule has 1 atom stereocenters. The maximum absolute atomic E-state index is 12.8. The normalized spacial score (nSPS) is 11.2. The Morgan fingerprint density at radius 1 is 1.22 bits per heavy atom. The third-order valence-electron chi connectivity index (χ3n) is 3.08. The van der Waals surface area contributed by atoms with Crippen LogP contribution in [0.2, 0.25) is 0 Å². The van der Waals surface area contributed by atoms with Crippen molar-refractivity contribution in [3.05, 3.63) is 53.8 Å². The second kappa shape index (κ2) is 7.27. The Labute approximate surface area is 133 Å². The molecule has 0 spiro atoms. The molecule has 0 saturated heterocycles. The van der Waals surface area contributed by atoms with Gasteiger partial charge in [0, 0.05) is 11.8 Å². The van der Waals surface area contributed by atoms with Gasteiger partial charge in [0.15, 0.2) is 17.6 Å². The molecule has 23 heavy (non-hydrogen) atoms. The quantitative estimate of drug-likeness (QED) is 0.920. The Hall–Kier alpha value is -3.07. The monoisotopic (exact) mass is 314 g/mol. The van der Waals surface area contributed by atoms with Gasteiger partial charge in [-0.05, 0) is 43.3 Å². The van der Waals surface area contributed by atoms with Crippen molar-refractivity contribution in [1.82, 2.24) is 0 Å². The van der Waals surface area contributed by atoms with E-state index >= 15 is 0 Å². The standard InChI is InChI=1S/C17H15FN2O3/c1-11(17(21)20-14-6-4-13(18)5-7-14)23-15-8-3-12(10-19)9-16(15)22-2/h3-9,11H,1-2H3,(H,20,21)/t11-/m0/s1. The number of nitriles is 1. The number of hydrogen-bond acceptors (Lipinski definition) is 4. The van der Waals surface area contributed by atoms with Crippen LogP contribution < -0.4 is 14.8 Å². The van der Waals surface area contributed by atoms with Crippen LogP contribution in [-0.4, -0.2) is 19.1 Å². The van der Waals surface area contributed by atoms with Crippen LogP contribution in [0.4, 0.5) is 10.1 Å². The van der Waals surface area contributed by atoms with Crippen LogP contribution in [0.1, 0.15) is 12.5 Å². The molecule has 0 unspecified atom stereocenters. The Bertz CT molecular complexity index is 738. The van der Waals surface area contributed by atoms with Gasteiger partial charge in [0.25, 0.3) is 5.91 Å². The van der Waals surface area contributed by atoms with Crippen molar-refractivity contribution in [3.63, 3.8) is 0 Å². The summed E-state index contributed by atoms with van der Waals surface area (Å²) in [7, 11) is 1.45. The third kappa shape index (κ3) is 4.20. The van der Waals surface area contributed by atoms with Crippen molar-refractivity contribution in [2.75, 3.05) is 12.4 Å². The molecule has 1 amide bonds. The van der Waals surface area contributed by atoms with Gasteiger partial charge in [0.2, 0.25) is 0 Å². The number of nitrogens with zero attached hydrogens (tertiary/aromatic N) is 1. The highest BCUT2D eigenvalue weighted by Gasteiger charge is 2.17. The average molecular weight is 314 g/mol. The van der Waals surface area contributed by atoms with Crippen LogP contribution in [0.3, 0.4) is 0 Å². The van der Waals surface area contributed by atoms with E-state index in [-0.39, 0.29) is 11.7 Å². The SMILES string of the molecule is COc1cc(C#N)ccc1O[C@@H](C)C(=O)Nc1ccc(F)cc1. The van der Waals surface area contributed by atoms with E-state index in [1.54, 1.807) is 19.1 Å². The smallest absolute Gasteiger partial charge is 0.265 e. The number of ether oxygens (including phenoxy) is 2. The summed E-state index contributed by atoms with van der Waals surface area (Å²) in [6, 6.07) is 12.1. The summed E-state index contributed by atoms with van der Waals surface area (Å²) < 4.78 is 23.6. The fourth-order valence-electron chi connectivity index (χ4n) is 1.86. The summed E-state index contributed by atoms with van der Waals surface area (Å²) in [5.74, 6) is -0.0450. The molecule has 0 aliphatic carbocycles. The molecule has 2 rings (SSSR count). The number of anilines is 1. The van der Waals surface area contributed by atoms with E-state index in [1.165, 1.54) is 37.4 Å². The molecule has 0 aromatic heterocycles. The number of carbonyl (C=O) groups is 1. The lowest BCUT2D eigenvalue weighted by molar-refractivity contribution is -0.122. The molecule has 5 nitrogen and oxygen atoms in total. The van der Waals surface area contributed by atoms with Crippen LogP contribution >= 0.6 is 0 Å². The Kier molecular flexibility index (Phi) is 5.15. The lowest BCUT2D eigenvalue weighted by Crippen LogP contribution is -2.30. The molecule has 0 heterocycles. The van der Waals surface area contributed by atoms with Crippen LogP contribution in [0.5, 0.6) is 11.5 Å². The zero-order valence-electron chi connectivity index (χ0n) is 12.7. The number of rotatable bonds is 5. The maximum Gasteiger partial charge on any atom is 0.265 e. The topological polar surface area (TPSA) is 71.3 Å². The Balaban J connectivity index is 2.06. The van der Waals surface area contributed by atoms with Gasteiger partial charge in [-0.25, -0.2) is 4.39 Å². The lowest BCUT2D eigenvalue weighted by atomic mass is 10.2. The highest BCUT2D eigenvalue weighted by atomic mass is 19.1. The third-order valence-corrected chi connectivity index (χ3v) is 3.08. The largest absolute Gasteiger partial charge is 0.493 e. The van der Waals surface area contributed by atoms with Gasteiger partial charge >= 0.3 is 0 Å². The van der Waals surface area contributed by atoms with E-state index in [4.69, 9.17) is 14.7 Å². The predicted molar refractivity (Wildman–Crippen MR) is 82.8 cm³/mol. The number of nitrogens with one attached hydrogen (secondary N) is 1. The average Bonchev–Trinajstić information content (AvgIpc) is 2.57. The minimum absolute atomic E-state index is 0.355. The minimum atomic E-state index is -0.804. The van der Waals surface area contributed by atoms with Crippen LogP contribution in [0.15, 0.2) is 42.5 Å². The molecule has 2 aromatic carbocycles. The first-order chi connectivity index (χ1) is 11.0. The van der Waals surface area contributed by atoms with Crippen LogP contribution in [0, 0.1) is 17.1 Å². The second-order valence-corrected chi connectivity index (χ2v) is 4.73. The Morgan fingerprint density at radius 3 is 2.52 bits per heavy atom. The first kappa shape index (κ1) is 16.3.